The zero-order chi connectivity index (χ0) is 15.8. The van der Waals surface area contributed by atoms with Crippen LogP contribution in [-0.4, -0.2) is 40.9 Å². The van der Waals surface area contributed by atoms with Gasteiger partial charge in [-0.05, 0) is 27.7 Å². The zero-order valence-corrected chi connectivity index (χ0v) is 10.7. The number of amides is 1. The maximum atomic E-state index is 13.2. The Morgan fingerprint density at radius 3 is 1.37 bits per heavy atom. The number of hydrogen-bond acceptors (Lipinski definition) is 1. The highest BCUT2D eigenvalue weighted by atomic mass is 19.4. The van der Waals surface area contributed by atoms with Gasteiger partial charge in [-0.1, -0.05) is 0 Å². The highest BCUT2D eigenvalue weighted by Gasteiger charge is 2.77. The first kappa shape index (κ1) is 18.0. The molecule has 0 fully saturated rings. The van der Waals surface area contributed by atoms with Gasteiger partial charge in [0.05, 0.1) is 0 Å². The average Bonchev–Trinajstić information content (AvgIpc) is 2.13. The van der Waals surface area contributed by atoms with E-state index in [0.717, 1.165) is 0 Å². The lowest BCUT2D eigenvalue weighted by molar-refractivity contribution is -0.346. The third-order valence-corrected chi connectivity index (χ3v) is 2.37. The summed E-state index contributed by atoms with van der Waals surface area (Å²) >= 11 is 0. The molecule has 0 saturated carbocycles. The van der Waals surface area contributed by atoms with Crippen LogP contribution in [0.1, 0.15) is 27.7 Å². The smallest absolute Gasteiger partial charge is 0.332 e. The van der Waals surface area contributed by atoms with Crippen molar-refractivity contribution in [3.63, 3.8) is 0 Å². The second-order valence-corrected chi connectivity index (χ2v) is 4.55. The number of nitrogens with zero attached hydrogens (tertiary/aromatic N) is 1. The van der Waals surface area contributed by atoms with Gasteiger partial charge in [0.15, 0.2) is 0 Å². The van der Waals surface area contributed by atoms with Gasteiger partial charge < -0.3 is 4.90 Å². The molecule has 0 rings (SSSR count). The quantitative estimate of drug-likeness (QED) is 0.728. The fourth-order valence-corrected chi connectivity index (χ4v) is 1.54. The molecule has 0 aliphatic rings. The molecular formula is C10H14F7NO. The minimum atomic E-state index is -6.51. The molecule has 2 nitrogen and oxygen atoms in total. The predicted molar refractivity (Wildman–Crippen MR) is 53.1 cm³/mol. The van der Waals surface area contributed by atoms with E-state index in [2.05, 4.69) is 0 Å². The van der Waals surface area contributed by atoms with Crippen LogP contribution in [0.5, 0.6) is 0 Å². The van der Waals surface area contributed by atoms with Crippen LogP contribution in [0.3, 0.4) is 0 Å². The molecule has 0 bridgehead atoms. The van der Waals surface area contributed by atoms with Crippen molar-refractivity contribution in [3.8, 4) is 0 Å². The predicted octanol–water partition coefficient (Wildman–Crippen LogP) is 3.46. The molecule has 0 aliphatic carbocycles. The summed E-state index contributed by atoms with van der Waals surface area (Å²) in [5.74, 6) is -14.8. The van der Waals surface area contributed by atoms with Crippen molar-refractivity contribution in [2.24, 2.45) is 0 Å². The summed E-state index contributed by atoms with van der Waals surface area (Å²) in [6, 6.07) is -1.88. The van der Waals surface area contributed by atoms with Gasteiger partial charge in [-0.15, -0.1) is 0 Å². The lowest BCUT2D eigenvalue weighted by Gasteiger charge is -2.36. The summed E-state index contributed by atoms with van der Waals surface area (Å²) in [7, 11) is 0. The minimum Gasteiger partial charge on any atom is -0.332 e. The maximum absolute atomic E-state index is 13.2. The van der Waals surface area contributed by atoms with Crippen molar-refractivity contribution in [2.45, 2.75) is 57.8 Å². The molecule has 0 atom stereocenters. The van der Waals surface area contributed by atoms with Crippen LogP contribution >= 0.6 is 0 Å². The zero-order valence-electron chi connectivity index (χ0n) is 10.7. The summed E-state index contributed by atoms with van der Waals surface area (Å²) in [6.45, 7) is 4.94. The first-order valence-electron chi connectivity index (χ1n) is 5.33. The van der Waals surface area contributed by atoms with Crippen LogP contribution in [0.15, 0.2) is 0 Å². The number of hydrogen-bond donors (Lipinski definition) is 0. The maximum Gasteiger partial charge on any atom is 0.460 e. The molecule has 0 aromatic carbocycles. The molecule has 114 valence electrons. The van der Waals surface area contributed by atoms with E-state index in [0.29, 0.717) is 4.90 Å². The van der Waals surface area contributed by atoms with Crippen molar-refractivity contribution < 1.29 is 35.5 Å². The molecular weight excluding hydrogens is 283 g/mol. The fraction of sp³-hybridized carbons (Fsp3) is 0.900. The molecule has 0 saturated heterocycles. The third-order valence-electron chi connectivity index (χ3n) is 2.37. The molecule has 0 aromatic rings. The second-order valence-electron chi connectivity index (χ2n) is 4.55. The van der Waals surface area contributed by atoms with Gasteiger partial charge in [-0.2, -0.15) is 30.7 Å². The number of carbonyl (C=O) groups excluding carboxylic acids is 1. The Bertz CT molecular complexity index is 327. The van der Waals surface area contributed by atoms with E-state index in [1.54, 1.807) is 0 Å². The Morgan fingerprint density at radius 1 is 0.842 bits per heavy atom. The first-order chi connectivity index (χ1) is 8.18. The Hall–Kier alpha value is -1.02. The SMILES string of the molecule is CC(C)N(C(=O)C(F)(F)C(F)(F)C(F)(F)F)C(C)C. The van der Waals surface area contributed by atoms with E-state index in [4.69, 9.17) is 0 Å². The van der Waals surface area contributed by atoms with Gasteiger partial charge in [0.1, 0.15) is 0 Å². The number of carbonyl (C=O) groups is 1. The standard InChI is InChI=1S/C10H14F7NO/c1-5(2)18(6(3)4)7(19)8(11,12)9(13,14)10(15,16)17/h5-6H,1-4H3. The van der Waals surface area contributed by atoms with Crippen LogP contribution < -0.4 is 0 Å². The lowest BCUT2D eigenvalue weighted by Crippen LogP contribution is -2.62. The van der Waals surface area contributed by atoms with Crippen LogP contribution in [0.2, 0.25) is 0 Å². The highest BCUT2D eigenvalue weighted by Crippen LogP contribution is 2.47. The molecule has 1 amide bonds. The van der Waals surface area contributed by atoms with E-state index in [9.17, 15) is 35.5 Å². The molecule has 9 heteroatoms. The van der Waals surface area contributed by atoms with Crippen molar-refractivity contribution in [1.29, 1.82) is 0 Å². The summed E-state index contributed by atoms with van der Waals surface area (Å²) in [4.78, 5) is 11.6. The van der Waals surface area contributed by atoms with Crippen LogP contribution in [0, 0.1) is 0 Å². The van der Waals surface area contributed by atoms with Gasteiger partial charge in [-0.25, -0.2) is 0 Å². The second kappa shape index (κ2) is 5.16. The molecule has 0 heterocycles. The largest absolute Gasteiger partial charge is 0.460 e. The van der Waals surface area contributed by atoms with Crippen LogP contribution in [0.25, 0.3) is 0 Å². The van der Waals surface area contributed by atoms with Gasteiger partial charge >= 0.3 is 23.9 Å². The molecule has 0 N–H and O–H groups in total. The first-order valence-corrected chi connectivity index (χ1v) is 5.33. The van der Waals surface area contributed by atoms with Gasteiger partial charge in [-0.3, -0.25) is 4.79 Å². The molecule has 0 spiro atoms. The van der Waals surface area contributed by atoms with Crippen LogP contribution in [-0.2, 0) is 4.79 Å². The fourth-order valence-electron chi connectivity index (χ4n) is 1.54. The monoisotopic (exact) mass is 297 g/mol. The van der Waals surface area contributed by atoms with E-state index in [1.165, 1.54) is 27.7 Å². The van der Waals surface area contributed by atoms with E-state index < -0.39 is 36.0 Å². The van der Waals surface area contributed by atoms with Crippen molar-refractivity contribution in [3.05, 3.63) is 0 Å². The normalized spacial score (nSPS) is 14.2. The number of halogens is 7. The Balaban J connectivity index is 5.60. The Morgan fingerprint density at radius 2 is 1.16 bits per heavy atom. The van der Waals surface area contributed by atoms with Crippen LogP contribution in [0.4, 0.5) is 30.7 Å². The minimum absolute atomic E-state index is 0.291. The molecule has 0 aromatic heterocycles. The van der Waals surface area contributed by atoms with E-state index >= 15 is 0 Å². The topological polar surface area (TPSA) is 20.3 Å². The molecule has 0 radical (unpaired) electrons. The summed E-state index contributed by atoms with van der Waals surface area (Å²) in [5.41, 5.74) is 0. The average molecular weight is 297 g/mol. The summed E-state index contributed by atoms with van der Waals surface area (Å²) in [5, 5.41) is 0. The summed E-state index contributed by atoms with van der Waals surface area (Å²) < 4.78 is 87.7. The molecule has 0 unspecified atom stereocenters. The number of rotatable bonds is 4. The van der Waals surface area contributed by atoms with Crippen molar-refractivity contribution in [2.75, 3.05) is 0 Å². The van der Waals surface area contributed by atoms with Gasteiger partial charge in [0.2, 0.25) is 0 Å². The molecule has 0 aliphatic heterocycles. The Labute approximate surface area is 105 Å². The van der Waals surface area contributed by atoms with Gasteiger partial charge in [0.25, 0.3) is 0 Å². The Kier molecular flexibility index (Phi) is 4.89. The molecule has 19 heavy (non-hydrogen) atoms. The number of alkyl halides is 7. The lowest BCUT2D eigenvalue weighted by atomic mass is 10.1. The van der Waals surface area contributed by atoms with Crippen molar-refractivity contribution >= 4 is 5.91 Å². The van der Waals surface area contributed by atoms with E-state index in [1.807, 2.05) is 0 Å². The third kappa shape index (κ3) is 3.11. The van der Waals surface area contributed by atoms with Crippen molar-refractivity contribution in [1.82, 2.24) is 4.90 Å². The summed E-state index contributed by atoms with van der Waals surface area (Å²) in [6.07, 6.45) is -6.51. The van der Waals surface area contributed by atoms with E-state index in [-0.39, 0.29) is 0 Å². The highest BCUT2D eigenvalue weighted by molar-refractivity contribution is 5.85. The van der Waals surface area contributed by atoms with Gasteiger partial charge in [0, 0.05) is 12.1 Å².